The summed E-state index contributed by atoms with van der Waals surface area (Å²) in [7, 11) is 1.47. The van der Waals surface area contributed by atoms with Crippen LogP contribution in [-0.4, -0.2) is 19.0 Å². The fourth-order valence-electron chi connectivity index (χ4n) is 3.11. The quantitative estimate of drug-likeness (QED) is 0.797. The van der Waals surface area contributed by atoms with E-state index < -0.39 is 11.8 Å². The lowest BCUT2D eigenvalue weighted by atomic mass is 9.95. The van der Waals surface area contributed by atoms with Crippen molar-refractivity contribution in [3.63, 3.8) is 0 Å². The highest BCUT2D eigenvalue weighted by molar-refractivity contribution is 7.17. The Morgan fingerprint density at radius 2 is 2.04 bits per heavy atom. The van der Waals surface area contributed by atoms with Crippen LogP contribution in [0.25, 0.3) is 0 Å². The summed E-state index contributed by atoms with van der Waals surface area (Å²) in [6.07, 6.45) is 3.76. The van der Waals surface area contributed by atoms with Crippen LogP contribution in [0.2, 0.25) is 0 Å². The Hall–Kier alpha value is -2.41. The molecule has 0 bridgehead atoms. The number of halogens is 1. The normalized spacial score (nSPS) is 13.0. The number of hydrogen-bond acceptors (Lipinski definition) is 5. The number of amides is 1. The first-order chi connectivity index (χ1) is 12.5. The summed E-state index contributed by atoms with van der Waals surface area (Å²) in [6.45, 7) is 1.30. The predicted molar refractivity (Wildman–Crippen MR) is 97.3 cm³/mol. The molecule has 5 nitrogen and oxygen atoms in total. The van der Waals surface area contributed by atoms with Gasteiger partial charge in [-0.3, -0.25) is 4.79 Å². The van der Waals surface area contributed by atoms with Crippen molar-refractivity contribution in [2.24, 2.45) is 0 Å². The number of thiophene rings is 1. The standard InChI is InChI=1S/C19H20FNO4S/c1-11(22)21-18-17(14-5-3-4-6-16(14)26-18)19(23)25-10-12-9-13(20)7-8-15(12)24-2/h7-9H,3-6,10H2,1-2H3,(H,21,22). The predicted octanol–water partition coefficient (Wildman–Crippen LogP) is 4.09. The zero-order valence-corrected chi connectivity index (χ0v) is 15.5. The van der Waals surface area contributed by atoms with E-state index in [0.717, 1.165) is 36.1 Å². The molecule has 1 aromatic carbocycles. The third-order valence-corrected chi connectivity index (χ3v) is 5.47. The van der Waals surface area contributed by atoms with Crippen LogP contribution in [0.5, 0.6) is 5.75 Å². The number of carbonyl (C=O) groups is 2. The largest absolute Gasteiger partial charge is 0.496 e. The number of methoxy groups -OCH3 is 1. The number of nitrogens with one attached hydrogen (secondary N) is 1. The molecule has 0 radical (unpaired) electrons. The highest BCUT2D eigenvalue weighted by atomic mass is 32.1. The van der Waals surface area contributed by atoms with E-state index in [0.29, 0.717) is 21.9 Å². The fourth-order valence-corrected chi connectivity index (χ4v) is 4.43. The van der Waals surface area contributed by atoms with Gasteiger partial charge >= 0.3 is 5.97 Å². The summed E-state index contributed by atoms with van der Waals surface area (Å²) in [6, 6.07) is 4.06. The van der Waals surface area contributed by atoms with Gasteiger partial charge in [0.05, 0.1) is 12.7 Å². The van der Waals surface area contributed by atoms with Crippen LogP contribution in [0.4, 0.5) is 9.39 Å². The van der Waals surface area contributed by atoms with Crippen LogP contribution in [0.15, 0.2) is 18.2 Å². The third kappa shape index (κ3) is 3.88. The van der Waals surface area contributed by atoms with Crippen LogP contribution in [-0.2, 0) is 29.0 Å². The maximum atomic E-state index is 13.5. The minimum atomic E-state index is -0.514. The van der Waals surface area contributed by atoms with Crippen molar-refractivity contribution >= 4 is 28.2 Å². The molecular weight excluding hydrogens is 357 g/mol. The molecule has 0 fully saturated rings. The Morgan fingerprint density at radius 3 is 2.77 bits per heavy atom. The van der Waals surface area contributed by atoms with Gasteiger partial charge in [-0.25, -0.2) is 9.18 Å². The van der Waals surface area contributed by atoms with E-state index >= 15 is 0 Å². The molecule has 1 heterocycles. The summed E-state index contributed by atoms with van der Waals surface area (Å²) in [5, 5.41) is 3.26. The summed E-state index contributed by atoms with van der Waals surface area (Å²) in [5.74, 6) is -0.721. The van der Waals surface area contributed by atoms with Gasteiger partial charge in [0.15, 0.2) is 0 Å². The van der Waals surface area contributed by atoms with E-state index in [1.165, 1.54) is 43.6 Å². The summed E-state index contributed by atoms with van der Waals surface area (Å²) in [5.41, 5.74) is 1.84. The van der Waals surface area contributed by atoms with Gasteiger partial charge in [0.2, 0.25) is 5.91 Å². The topological polar surface area (TPSA) is 64.6 Å². The van der Waals surface area contributed by atoms with E-state index in [4.69, 9.17) is 9.47 Å². The molecule has 26 heavy (non-hydrogen) atoms. The number of anilines is 1. The van der Waals surface area contributed by atoms with Gasteiger partial charge in [0.1, 0.15) is 23.2 Å². The SMILES string of the molecule is COc1ccc(F)cc1COC(=O)c1c(NC(C)=O)sc2c1CCCC2. The van der Waals surface area contributed by atoms with E-state index in [1.54, 1.807) is 0 Å². The lowest BCUT2D eigenvalue weighted by molar-refractivity contribution is -0.114. The average molecular weight is 377 g/mol. The average Bonchev–Trinajstić information content (AvgIpc) is 2.96. The molecular formula is C19H20FNO4S. The first-order valence-electron chi connectivity index (χ1n) is 8.41. The second-order valence-electron chi connectivity index (χ2n) is 6.13. The molecule has 0 saturated heterocycles. The highest BCUT2D eigenvalue weighted by Crippen LogP contribution is 2.38. The van der Waals surface area contributed by atoms with Gasteiger partial charge in [0.25, 0.3) is 0 Å². The minimum Gasteiger partial charge on any atom is -0.496 e. The maximum Gasteiger partial charge on any atom is 0.341 e. The number of rotatable bonds is 5. The van der Waals surface area contributed by atoms with Crippen LogP contribution in [0.1, 0.15) is 46.1 Å². The second kappa shape index (κ2) is 7.86. The van der Waals surface area contributed by atoms with Crippen LogP contribution in [0, 0.1) is 5.82 Å². The molecule has 2 aromatic rings. The van der Waals surface area contributed by atoms with E-state index in [-0.39, 0.29) is 12.5 Å². The smallest absolute Gasteiger partial charge is 0.341 e. The van der Waals surface area contributed by atoms with Crippen molar-refractivity contribution in [2.75, 3.05) is 12.4 Å². The number of hydrogen-bond donors (Lipinski definition) is 1. The van der Waals surface area contributed by atoms with Crippen molar-refractivity contribution in [3.05, 3.63) is 45.6 Å². The molecule has 0 atom stereocenters. The molecule has 1 aromatic heterocycles. The summed E-state index contributed by atoms with van der Waals surface area (Å²) >= 11 is 1.43. The second-order valence-corrected chi connectivity index (χ2v) is 7.23. The number of benzene rings is 1. The molecule has 3 rings (SSSR count). The van der Waals surface area contributed by atoms with Gasteiger partial charge in [-0.1, -0.05) is 0 Å². The van der Waals surface area contributed by atoms with Crippen LogP contribution >= 0.6 is 11.3 Å². The van der Waals surface area contributed by atoms with Crippen molar-refractivity contribution in [3.8, 4) is 5.75 Å². The zero-order valence-electron chi connectivity index (χ0n) is 14.7. The molecule has 7 heteroatoms. The Bertz CT molecular complexity index is 846. The van der Waals surface area contributed by atoms with Gasteiger partial charge < -0.3 is 14.8 Å². The fraction of sp³-hybridized carbons (Fsp3) is 0.368. The monoisotopic (exact) mass is 377 g/mol. The Kier molecular flexibility index (Phi) is 5.56. The van der Waals surface area contributed by atoms with Crippen molar-refractivity contribution in [2.45, 2.75) is 39.2 Å². The van der Waals surface area contributed by atoms with Crippen molar-refractivity contribution in [1.29, 1.82) is 0 Å². The number of aryl methyl sites for hydroxylation is 1. The number of esters is 1. The highest BCUT2D eigenvalue weighted by Gasteiger charge is 2.27. The first kappa shape index (κ1) is 18.4. The van der Waals surface area contributed by atoms with Gasteiger partial charge in [-0.05, 0) is 49.4 Å². The van der Waals surface area contributed by atoms with Crippen molar-refractivity contribution < 1.29 is 23.5 Å². The van der Waals surface area contributed by atoms with Gasteiger partial charge in [-0.2, -0.15) is 0 Å². The molecule has 1 amide bonds. The van der Waals surface area contributed by atoms with E-state index in [2.05, 4.69) is 5.32 Å². The first-order valence-corrected chi connectivity index (χ1v) is 9.23. The molecule has 0 spiro atoms. The summed E-state index contributed by atoms with van der Waals surface area (Å²) in [4.78, 5) is 25.3. The number of carbonyl (C=O) groups excluding carboxylic acids is 2. The van der Waals surface area contributed by atoms with Crippen LogP contribution in [0.3, 0.4) is 0 Å². The Balaban J connectivity index is 1.84. The number of fused-ring (bicyclic) bond motifs is 1. The lowest BCUT2D eigenvalue weighted by Crippen LogP contribution is -2.14. The van der Waals surface area contributed by atoms with Crippen molar-refractivity contribution in [1.82, 2.24) is 0 Å². The zero-order chi connectivity index (χ0) is 18.7. The number of ether oxygens (including phenoxy) is 2. The van der Waals surface area contributed by atoms with E-state index in [9.17, 15) is 14.0 Å². The Morgan fingerprint density at radius 1 is 1.27 bits per heavy atom. The van der Waals surface area contributed by atoms with Gasteiger partial charge in [-0.15, -0.1) is 11.3 Å². The lowest BCUT2D eigenvalue weighted by Gasteiger charge is -2.13. The Labute approximate surface area is 155 Å². The molecule has 0 saturated carbocycles. The molecule has 0 aliphatic heterocycles. The molecule has 1 aliphatic rings. The third-order valence-electron chi connectivity index (χ3n) is 4.27. The molecule has 1 N–H and O–H groups in total. The maximum absolute atomic E-state index is 13.5. The minimum absolute atomic E-state index is 0.107. The summed E-state index contributed by atoms with van der Waals surface area (Å²) < 4.78 is 24.1. The molecule has 138 valence electrons. The van der Waals surface area contributed by atoms with E-state index in [1.807, 2.05) is 0 Å². The molecule has 0 unspecified atom stereocenters. The molecule has 1 aliphatic carbocycles. The van der Waals surface area contributed by atoms with Crippen LogP contribution < -0.4 is 10.1 Å². The van der Waals surface area contributed by atoms with Gasteiger partial charge in [0, 0.05) is 17.4 Å².